The summed E-state index contributed by atoms with van der Waals surface area (Å²) >= 11 is 0. The van der Waals surface area contributed by atoms with Crippen LogP contribution in [0, 0.1) is 25.7 Å². The van der Waals surface area contributed by atoms with E-state index < -0.39 is 30.2 Å². The molecular weight excluding hydrogens is 659 g/mol. The Morgan fingerprint density at radius 2 is 1.76 bits per heavy atom. The Morgan fingerprint density at radius 1 is 1.10 bits per heavy atom. The summed E-state index contributed by atoms with van der Waals surface area (Å²) < 4.78 is 71.0. The van der Waals surface area contributed by atoms with Crippen LogP contribution in [0.3, 0.4) is 0 Å². The Morgan fingerprint density at radius 3 is 2.26 bits per heavy atom. The summed E-state index contributed by atoms with van der Waals surface area (Å²) in [6.07, 6.45) is -3.37. The number of ketones is 1. The van der Waals surface area contributed by atoms with Crippen molar-refractivity contribution >= 4 is 17.5 Å². The van der Waals surface area contributed by atoms with Gasteiger partial charge in [-0.25, -0.2) is 18.7 Å². The molecule has 2 heterocycles. The molecule has 4 rings (SSSR count). The number of aliphatic hydroxyl groups excluding tert-OH is 1. The van der Waals surface area contributed by atoms with Gasteiger partial charge in [-0.1, -0.05) is 33.3 Å². The Bertz CT molecular complexity index is 1700. The number of carbonyl (C=O) groups is 2. The minimum absolute atomic E-state index is 0.0389. The molecule has 0 aliphatic heterocycles. The van der Waals surface area contributed by atoms with Gasteiger partial charge < -0.3 is 15.6 Å². The van der Waals surface area contributed by atoms with Gasteiger partial charge in [0, 0.05) is 40.3 Å². The van der Waals surface area contributed by atoms with E-state index in [1.807, 2.05) is 20.8 Å². The van der Waals surface area contributed by atoms with E-state index in [9.17, 15) is 36.6 Å². The molecule has 13 heteroatoms. The highest BCUT2D eigenvalue weighted by Gasteiger charge is 2.36. The second-order valence-corrected chi connectivity index (χ2v) is 13.0. The molecule has 0 radical (unpaired) electrons. The molecule has 2 atom stereocenters. The number of aryl methyl sites for hydroxylation is 2. The number of ether oxygens (including phenoxy) is 1. The molecule has 1 amide bonds. The van der Waals surface area contributed by atoms with Gasteiger partial charge in [0.25, 0.3) is 12.3 Å². The van der Waals surface area contributed by atoms with Gasteiger partial charge in [0.05, 0.1) is 12.8 Å². The average Bonchev–Trinajstić information content (AvgIpc) is 3.89. The minimum atomic E-state index is -4.51. The summed E-state index contributed by atoms with van der Waals surface area (Å²) in [4.78, 5) is 35.8. The molecule has 3 N–H and O–H groups in total. The summed E-state index contributed by atoms with van der Waals surface area (Å²) in [6.45, 7) is 10.7. The van der Waals surface area contributed by atoms with Crippen LogP contribution in [0.25, 0.3) is 11.1 Å². The molecule has 0 spiro atoms. The fourth-order valence-electron chi connectivity index (χ4n) is 5.76. The SMILES string of the molecule is CCC[C@@H](CC(C)C)C(=O)N=C(N)c1ccc(C(F)(F)F)nc1C1CC1.COc1ncc(-c2c(C)cc(C(O)C(C)=O)cc2C(F)F)cc1C. The van der Waals surface area contributed by atoms with Crippen molar-refractivity contribution in [2.75, 3.05) is 7.11 Å². The van der Waals surface area contributed by atoms with Gasteiger partial charge in [0.2, 0.25) is 5.88 Å². The molecule has 1 aliphatic carbocycles. The number of rotatable bonds is 12. The molecule has 1 saturated carbocycles. The predicted octanol–water partition coefficient (Wildman–Crippen LogP) is 8.61. The molecule has 50 heavy (non-hydrogen) atoms. The first-order valence-electron chi connectivity index (χ1n) is 16.5. The number of amides is 1. The van der Waals surface area contributed by atoms with Gasteiger partial charge in [0.1, 0.15) is 17.6 Å². The van der Waals surface area contributed by atoms with Crippen molar-refractivity contribution in [2.24, 2.45) is 22.6 Å². The molecule has 2 aromatic heterocycles. The van der Waals surface area contributed by atoms with Crippen LogP contribution in [0.1, 0.15) is 117 Å². The lowest BCUT2D eigenvalue weighted by Gasteiger charge is -2.17. The largest absolute Gasteiger partial charge is 0.481 e. The molecule has 1 unspecified atom stereocenters. The third kappa shape index (κ3) is 10.4. The van der Waals surface area contributed by atoms with E-state index >= 15 is 0 Å². The van der Waals surface area contributed by atoms with Crippen LogP contribution in [0.4, 0.5) is 22.0 Å². The van der Waals surface area contributed by atoms with E-state index in [2.05, 4.69) is 15.0 Å². The molecule has 1 aromatic carbocycles. The number of carbonyl (C=O) groups excluding carboxylic acids is 2. The summed E-state index contributed by atoms with van der Waals surface area (Å²) in [5, 5.41) is 9.88. The van der Waals surface area contributed by atoms with E-state index in [1.54, 1.807) is 26.0 Å². The maximum atomic E-state index is 13.6. The molecular formula is C37H45F5N4O4. The first-order chi connectivity index (χ1) is 23.4. The highest BCUT2D eigenvalue weighted by Crippen LogP contribution is 2.42. The third-order valence-electron chi connectivity index (χ3n) is 8.26. The number of Topliss-reactive ketones (excluding diaryl/α,β-unsaturated/α-hetero) is 1. The van der Waals surface area contributed by atoms with Crippen molar-refractivity contribution in [2.45, 2.75) is 98.3 Å². The zero-order valence-electron chi connectivity index (χ0n) is 29.4. The molecule has 8 nitrogen and oxygen atoms in total. The molecule has 3 aromatic rings. The van der Waals surface area contributed by atoms with E-state index in [1.165, 1.54) is 32.4 Å². The number of hydrogen-bond acceptors (Lipinski definition) is 6. The first-order valence-corrected chi connectivity index (χ1v) is 16.5. The lowest BCUT2D eigenvalue weighted by atomic mass is 9.91. The number of aromatic nitrogens is 2. The molecule has 0 bridgehead atoms. The number of methoxy groups -OCH3 is 1. The second kappa shape index (κ2) is 17.1. The van der Waals surface area contributed by atoms with E-state index in [-0.39, 0.29) is 34.7 Å². The number of amidine groups is 1. The fraction of sp³-hybridized carbons (Fsp3) is 0.486. The van der Waals surface area contributed by atoms with Gasteiger partial charge in [-0.05, 0) is 93.3 Å². The lowest BCUT2D eigenvalue weighted by molar-refractivity contribution is -0.141. The van der Waals surface area contributed by atoms with Gasteiger partial charge in [0.15, 0.2) is 5.78 Å². The smallest absolute Gasteiger partial charge is 0.433 e. The number of aliphatic hydroxyl groups is 1. The normalized spacial score (nSPS) is 14.7. The average molecular weight is 705 g/mol. The minimum Gasteiger partial charge on any atom is -0.481 e. The van der Waals surface area contributed by atoms with E-state index in [4.69, 9.17) is 10.5 Å². The number of aliphatic imine (C=N–C) groups is 1. The Balaban J connectivity index is 0.000000271. The molecule has 272 valence electrons. The van der Waals surface area contributed by atoms with Crippen molar-refractivity contribution in [1.82, 2.24) is 9.97 Å². The zero-order valence-corrected chi connectivity index (χ0v) is 29.4. The maximum absolute atomic E-state index is 13.6. The molecule has 0 saturated heterocycles. The Labute approximate surface area is 289 Å². The predicted molar refractivity (Wildman–Crippen MR) is 181 cm³/mol. The van der Waals surface area contributed by atoms with Crippen LogP contribution in [-0.4, -0.2) is 39.7 Å². The van der Waals surface area contributed by atoms with Gasteiger partial charge in [-0.3, -0.25) is 9.59 Å². The number of pyridine rings is 2. The summed E-state index contributed by atoms with van der Waals surface area (Å²) in [5.74, 6) is -0.323. The number of nitrogens with two attached hydrogens (primary N) is 1. The molecule has 1 fully saturated rings. The first kappa shape index (κ1) is 40.2. The van der Waals surface area contributed by atoms with Gasteiger partial charge >= 0.3 is 6.18 Å². The van der Waals surface area contributed by atoms with Gasteiger partial charge in [-0.15, -0.1) is 0 Å². The number of benzene rings is 1. The number of halogens is 5. The van der Waals surface area contributed by atoms with Crippen molar-refractivity contribution in [1.29, 1.82) is 0 Å². The van der Waals surface area contributed by atoms with Crippen molar-refractivity contribution in [3.8, 4) is 17.0 Å². The Hall–Kier alpha value is -4.26. The zero-order chi connectivity index (χ0) is 37.5. The van der Waals surface area contributed by atoms with Crippen LogP contribution < -0.4 is 10.5 Å². The standard InChI is InChI=1S/C19H26F3N3O.C18H19F2NO3/c1-4-5-13(10-11(2)3)18(26)25-17(23)14-8-9-15(19(20,21)22)24-16(14)12-6-7-12;1-9-5-12(16(23)11(3)22)7-14(17(19)20)15(9)13-6-10(2)18(24-4)21-8-13/h8-9,11-13H,4-7,10H2,1-3H3,(H2,23,25,26);5-8,16-17,23H,1-4H3/t13-;/m0./s1. The fourth-order valence-corrected chi connectivity index (χ4v) is 5.76. The topological polar surface area (TPSA) is 128 Å². The quantitative estimate of drug-likeness (QED) is 0.110. The summed E-state index contributed by atoms with van der Waals surface area (Å²) in [7, 11) is 1.49. The Kier molecular flexibility index (Phi) is 13.7. The van der Waals surface area contributed by atoms with Crippen LogP contribution in [0.2, 0.25) is 0 Å². The van der Waals surface area contributed by atoms with Crippen molar-refractivity contribution < 1.29 is 41.4 Å². The van der Waals surface area contributed by atoms with Gasteiger partial charge in [-0.2, -0.15) is 18.2 Å². The lowest BCUT2D eigenvalue weighted by Crippen LogP contribution is -2.23. The highest BCUT2D eigenvalue weighted by atomic mass is 19.4. The van der Waals surface area contributed by atoms with Crippen molar-refractivity contribution in [3.05, 3.63) is 75.7 Å². The maximum Gasteiger partial charge on any atom is 0.433 e. The number of nitrogens with zero attached hydrogens (tertiary/aromatic N) is 3. The van der Waals surface area contributed by atoms with Crippen LogP contribution in [0.15, 0.2) is 41.5 Å². The third-order valence-corrected chi connectivity index (χ3v) is 8.26. The number of hydrogen-bond donors (Lipinski definition) is 2. The van der Waals surface area contributed by atoms with Crippen LogP contribution in [0.5, 0.6) is 5.88 Å². The number of alkyl halides is 5. The van der Waals surface area contributed by atoms with Crippen LogP contribution >= 0.6 is 0 Å². The monoisotopic (exact) mass is 704 g/mol. The highest BCUT2D eigenvalue weighted by molar-refractivity contribution is 6.05. The molecule has 1 aliphatic rings. The summed E-state index contributed by atoms with van der Waals surface area (Å²) in [6, 6.07) is 6.63. The van der Waals surface area contributed by atoms with Crippen LogP contribution in [-0.2, 0) is 15.8 Å². The second-order valence-electron chi connectivity index (χ2n) is 13.0. The van der Waals surface area contributed by atoms with E-state index in [0.29, 0.717) is 52.6 Å². The van der Waals surface area contributed by atoms with E-state index in [0.717, 1.165) is 30.9 Å². The van der Waals surface area contributed by atoms with Crippen molar-refractivity contribution in [3.63, 3.8) is 0 Å². The summed E-state index contributed by atoms with van der Waals surface area (Å²) in [5.41, 5.74) is 7.76.